The first kappa shape index (κ1) is 32.8. The Balaban J connectivity index is 1.09. The number of methoxy groups -OCH3 is 1. The number of nitrogens with zero attached hydrogens (tertiary/aromatic N) is 5. The van der Waals surface area contributed by atoms with Gasteiger partial charge in [-0.1, -0.05) is 30.3 Å². The first-order valence-electron chi connectivity index (χ1n) is 15.9. The summed E-state index contributed by atoms with van der Waals surface area (Å²) in [7, 11) is 1.60. The summed E-state index contributed by atoms with van der Waals surface area (Å²) in [6.07, 6.45) is 0.615. The van der Waals surface area contributed by atoms with Gasteiger partial charge in [0.2, 0.25) is 17.5 Å². The van der Waals surface area contributed by atoms with E-state index < -0.39 is 17.5 Å². The molecule has 1 saturated heterocycles. The van der Waals surface area contributed by atoms with Crippen molar-refractivity contribution in [1.29, 1.82) is 0 Å². The maximum absolute atomic E-state index is 15.7. The lowest BCUT2D eigenvalue weighted by Crippen LogP contribution is -2.14. The van der Waals surface area contributed by atoms with E-state index in [1.807, 2.05) is 28.8 Å². The van der Waals surface area contributed by atoms with Crippen LogP contribution in [0.1, 0.15) is 40.5 Å². The molecule has 1 aliphatic heterocycles. The van der Waals surface area contributed by atoms with Gasteiger partial charge in [0, 0.05) is 30.2 Å². The Morgan fingerprint density at radius 2 is 1.66 bits per heavy atom. The lowest BCUT2D eigenvalue weighted by atomic mass is 10.0. The van der Waals surface area contributed by atoms with E-state index in [2.05, 4.69) is 20.3 Å². The molecule has 1 aliphatic rings. The van der Waals surface area contributed by atoms with Crippen molar-refractivity contribution in [2.24, 2.45) is 0 Å². The van der Waals surface area contributed by atoms with E-state index in [1.165, 1.54) is 6.07 Å². The van der Waals surface area contributed by atoms with Crippen LogP contribution in [0.25, 0.3) is 22.8 Å². The minimum absolute atomic E-state index is 0.0478. The molecule has 0 N–H and O–H groups in total. The van der Waals surface area contributed by atoms with Crippen LogP contribution in [-0.2, 0) is 24.4 Å². The van der Waals surface area contributed by atoms with Crippen LogP contribution in [0.3, 0.4) is 0 Å². The van der Waals surface area contributed by atoms with E-state index in [9.17, 15) is 4.39 Å². The zero-order valence-corrected chi connectivity index (χ0v) is 27.2. The van der Waals surface area contributed by atoms with Crippen LogP contribution < -0.4 is 14.2 Å². The molecule has 0 saturated carbocycles. The minimum Gasteiger partial charge on any atom is -0.497 e. The first-order valence-corrected chi connectivity index (χ1v) is 15.9. The maximum Gasteiger partial charge on any atom is 0.255 e. The third kappa shape index (κ3) is 7.18. The van der Waals surface area contributed by atoms with Crippen LogP contribution in [0, 0.1) is 24.4 Å². The summed E-state index contributed by atoms with van der Waals surface area (Å²) in [6.45, 7) is 2.90. The molecule has 0 bridgehead atoms. The van der Waals surface area contributed by atoms with Crippen LogP contribution in [0.2, 0.25) is 0 Å². The molecule has 0 amide bonds. The predicted molar refractivity (Wildman–Crippen MR) is 175 cm³/mol. The van der Waals surface area contributed by atoms with Crippen LogP contribution in [0.4, 0.5) is 13.2 Å². The van der Waals surface area contributed by atoms with Gasteiger partial charge in [0.05, 0.1) is 31.5 Å². The SMILES string of the molecule is COc1ccc(COc2cc(-c3nnc(Cc4cc(F)c(-c5cccc(OCc6ccc(C)cc6F)n5)cc4F)n3[C@@H]3CCOC3)on2)cc1. The van der Waals surface area contributed by atoms with Gasteiger partial charge < -0.3 is 28.0 Å². The monoisotopic (exact) mass is 683 g/mol. The quantitative estimate of drug-likeness (QED) is 0.130. The largest absolute Gasteiger partial charge is 0.497 e. The van der Waals surface area contributed by atoms with E-state index in [0.29, 0.717) is 42.6 Å². The number of aromatic nitrogens is 5. The van der Waals surface area contributed by atoms with Gasteiger partial charge in [-0.25, -0.2) is 18.2 Å². The van der Waals surface area contributed by atoms with Crippen LogP contribution in [0.5, 0.6) is 17.5 Å². The van der Waals surface area contributed by atoms with Crippen molar-refractivity contribution in [2.45, 2.75) is 39.0 Å². The van der Waals surface area contributed by atoms with Gasteiger partial charge in [0.25, 0.3) is 5.88 Å². The summed E-state index contributed by atoms with van der Waals surface area (Å²) in [5.41, 5.74) is 2.25. The molecule has 256 valence electrons. The van der Waals surface area contributed by atoms with E-state index in [1.54, 1.807) is 50.4 Å². The molecule has 7 rings (SSSR count). The third-order valence-electron chi connectivity index (χ3n) is 8.36. The number of aryl methyl sites for hydroxylation is 1. The molecule has 4 heterocycles. The average molecular weight is 684 g/mol. The van der Waals surface area contributed by atoms with Crippen molar-refractivity contribution in [3.05, 3.63) is 124 Å². The molecule has 0 aliphatic carbocycles. The molecule has 3 aromatic carbocycles. The van der Waals surface area contributed by atoms with Gasteiger partial charge in [0.15, 0.2) is 0 Å². The van der Waals surface area contributed by atoms with Crippen molar-refractivity contribution < 1.29 is 36.6 Å². The number of pyridine rings is 1. The molecule has 10 nitrogen and oxygen atoms in total. The average Bonchev–Trinajstić information content (AvgIpc) is 3.90. The Morgan fingerprint density at radius 3 is 2.44 bits per heavy atom. The van der Waals surface area contributed by atoms with Gasteiger partial charge in [-0.3, -0.25) is 0 Å². The van der Waals surface area contributed by atoms with Gasteiger partial charge in [-0.2, -0.15) is 0 Å². The van der Waals surface area contributed by atoms with E-state index in [-0.39, 0.29) is 54.3 Å². The summed E-state index contributed by atoms with van der Waals surface area (Å²) in [5, 5.41) is 12.7. The highest BCUT2D eigenvalue weighted by molar-refractivity contribution is 5.61. The van der Waals surface area contributed by atoms with Gasteiger partial charge in [-0.05, 0) is 71.6 Å². The minimum atomic E-state index is -0.681. The fourth-order valence-corrected chi connectivity index (χ4v) is 5.69. The van der Waals surface area contributed by atoms with Gasteiger partial charge in [0.1, 0.15) is 42.2 Å². The number of ether oxygens (including phenoxy) is 4. The molecule has 0 unspecified atom stereocenters. The first-order chi connectivity index (χ1) is 24.3. The molecule has 13 heteroatoms. The Hall–Kier alpha value is -5.69. The molecular formula is C37H32F3N5O5. The maximum atomic E-state index is 15.7. The highest BCUT2D eigenvalue weighted by atomic mass is 19.1. The fourth-order valence-electron chi connectivity index (χ4n) is 5.69. The third-order valence-corrected chi connectivity index (χ3v) is 8.36. The molecule has 50 heavy (non-hydrogen) atoms. The number of benzene rings is 3. The zero-order valence-electron chi connectivity index (χ0n) is 27.2. The second kappa shape index (κ2) is 14.4. The predicted octanol–water partition coefficient (Wildman–Crippen LogP) is 7.44. The second-order valence-electron chi connectivity index (χ2n) is 11.8. The Labute approximate surface area is 285 Å². The topological polar surface area (TPSA) is 107 Å². The van der Waals surface area contributed by atoms with E-state index in [4.69, 9.17) is 23.5 Å². The van der Waals surface area contributed by atoms with Crippen molar-refractivity contribution in [2.75, 3.05) is 20.3 Å². The van der Waals surface area contributed by atoms with E-state index in [0.717, 1.165) is 29.0 Å². The molecule has 1 atom stereocenters. The zero-order chi connectivity index (χ0) is 34.6. The molecule has 0 radical (unpaired) electrons. The lowest BCUT2D eigenvalue weighted by Gasteiger charge is -2.15. The molecule has 3 aromatic heterocycles. The smallest absolute Gasteiger partial charge is 0.255 e. The Morgan fingerprint density at radius 1 is 0.840 bits per heavy atom. The lowest BCUT2D eigenvalue weighted by molar-refractivity contribution is 0.186. The van der Waals surface area contributed by atoms with E-state index >= 15 is 8.78 Å². The molecule has 1 fully saturated rings. The number of rotatable bonds is 12. The van der Waals surface area contributed by atoms with Gasteiger partial charge >= 0.3 is 0 Å². The van der Waals surface area contributed by atoms with Gasteiger partial charge in [-0.15, -0.1) is 10.2 Å². The summed E-state index contributed by atoms with van der Waals surface area (Å²) in [5.74, 6) is 0.486. The van der Waals surface area contributed by atoms with Crippen molar-refractivity contribution in [3.8, 4) is 40.4 Å². The van der Waals surface area contributed by atoms with Crippen LogP contribution >= 0.6 is 0 Å². The number of halogens is 3. The molecular weight excluding hydrogens is 651 g/mol. The van der Waals surface area contributed by atoms with Crippen LogP contribution in [0.15, 0.2) is 83.4 Å². The summed E-state index contributed by atoms with van der Waals surface area (Å²) < 4.78 is 75.2. The molecule has 6 aromatic rings. The highest BCUT2D eigenvalue weighted by Gasteiger charge is 2.28. The second-order valence-corrected chi connectivity index (χ2v) is 11.8. The van der Waals surface area contributed by atoms with Crippen molar-refractivity contribution >= 4 is 0 Å². The Kier molecular flexibility index (Phi) is 9.47. The van der Waals surface area contributed by atoms with Crippen molar-refractivity contribution in [1.82, 2.24) is 24.9 Å². The normalized spacial score (nSPS) is 14.2. The Bertz CT molecular complexity index is 2110. The van der Waals surface area contributed by atoms with Crippen LogP contribution in [-0.4, -0.2) is 45.2 Å². The molecule has 0 spiro atoms. The number of hydrogen-bond donors (Lipinski definition) is 0. The highest BCUT2D eigenvalue weighted by Crippen LogP contribution is 2.32. The fraction of sp³-hybridized carbons (Fsp3) is 0.243. The van der Waals surface area contributed by atoms with Crippen molar-refractivity contribution in [3.63, 3.8) is 0 Å². The summed E-state index contributed by atoms with van der Waals surface area (Å²) in [4.78, 5) is 4.34. The standard InChI is InChI=1S/C37H32F3N5O5/c1-22-6-9-24(29(38)14-22)20-49-35-5-3-4-32(41-35)28-17-30(39)25(15-31(28)40)16-34-42-43-37(45(34)26-12-13-47-21-26)33-18-36(44-50-33)48-19-23-7-10-27(46-2)11-8-23/h3-11,14-15,17-18,26H,12-13,16,19-21H2,1-2H3/t26-/m1/s1. The summed E-state index contributed by atoms with van der Waals surface area (Å²) >= 11 is 0. The summed E-state index contributed by atoms with van der Waals surface area (Å²) in [6, 6.07) is 20.7. The number of hydrogen-bond acceptors (Lipinski definition) is 9.